The molecular formula is C23H27F4N3O4SSi. The minimum absolute atomic E-state index is 0.0693. The van der Waals surface area contributed by atoms with Crippen molar-refractivity contribution in [3.05, 3.63) is 71.5 Å². The highest BCUT2D eigenvalue weighted by molar-refractivity contribution is 7.92. The minimum atomic E-state index is -4.80. The first-order valence-corrected chi connectivity index (χ1v) is 16.2. The summed E-state index contributed by atoms with van der Waals surface area (Å²) in [7, 11) is -6.27. The molecule has 0 saturated carbocycles. The van der Waals surface area contributed by atoms with Gasteiger partial charge in [0, 0.05) is 32.0 Å². The lowest BCUT2D eigenvalue weighted by Gasteiger charge is -2.23. The summed E-state index contributed by atoms with van der Waals surface area (Å²) in [5.74, 6) is -4.38. The Bertz CT molecular complexity index is 1280. The molecule has 0 unspecified atom stereocenters. The van der Waals surface area contributed by atoms with Gasteiger partial charge in [-0.25, -0.2) is 30.3 Å². The summed E-state index contributed by atoms with van der Waals surface area (Å²) in [6.07, 6.45) is 1.12. The Kier molecular flexibility index (Phi) is 8.47. The van der Waals surface area contributed by atoms with Crippen molar-refractivity contribution in [3.8, 4) is 0 Å². The van der Waals surface area contributed by atoms with Crippen LogP contribution in [0.2, 0.25) is 25.7 Å². The number of hydrogen-bond acceptors (Lipinski definition) is 6. The number of rotatable bonds is 11. The van der Waals surface area contributed by atoms with Gasteiger partial charge >= 0.3 is 0 Å². The average Bonchev–Trinajstić information content (AvgIpc) is 3.27. The van der Waals surface area contributed by atoms with E-state index in [0.29, 0.717) is 4.31 Å². The lowest BCUT2D eigenvalue weighted by molar-refractivity contribution is 0.155. The van der Waals surface area contributed by atoms with Crippen molar-refractivity contribution in [2.24, 2.45) is 0 Å². The zero-order valence-electron chi connectivity index (χ0n) is 20.2. The van der Waals surface area contributed by atoms with Gasteiger partial charge in [-0.05, 0) is 43.3 Å². The van der Waals surface area contributed by atoms with Crippen LogP contribution < -0.4 is 9.62 Å². The first kappa shape index (κ1) is 27.7. The molecule has 0 amide bonds. The maximum atomic E-state index is 15.1. The van der Waals surface area contributed by atoms with Gasteiger partial charge in [0.2, 0.25) is 0 Å². The molecule has 2 aromatic carbocycles. The van der Waals surface area contributed by atoms with E-state index in [2.05, 4.69) is 30.1 Å². The predicted molar refractivity (Wildman–Crippen MR) is 130 cm³/mol. The van der Waals surface area contributed by atoms with Crippen LogP contribution in [-0.4, -0.2) is 35.0 Å². The van der Waals surface area contributed by atoms with E-state index in [4.69, 9.17) is 9.26 Å². The lowest BCUT2D eigenvalue weighted by atomic mass is 10.1. The zero-order valence-corrected chi connectivity index (χ0v) is 22.0. The van der Waals surface area contributed by atoms with E-state index in [1.807, 2.05) is 0 Å². The standard InChI is InChI=1S/C23H27F4N3O4SSi/c1-15(18-11-16(24)5-6-19(18)25)28-17-12-20(26)23(21(27)13-17)35(31,32)30(22-7-8-34-29-22)14-33-9-10-36(2,3)4/h5-8,11-13,15,28H,9-10,14H2,1-4H3/t15-/m0/s1. The molecule has 0 fully saturated rings. The molecule has 1 N–H and O–H groups in total. The number of anilines is 2. The van der Waals surface area contributed by atoms with E-state index in [1.165, 1.54) is 13.0 Å². The fourth-order valence-electron chi connectivity index (χ4n) is 3.29. The Hall–Kier alpha value is -2.90. The third kappa shape index (κ3) is 6.65. The van der Waals surface area contributed by atoms with Crippen LogP contribution in [0.3, 0.4) is 0 Å². The number of nitrogens with one attached hydrogen (secondary N) is 1. The second-order valence-corrected chi connectivity index (χ2v) is 16.8. The molecular weight excluding hydrogens is 518 g/mol. The van der Waals surface area contributed by atoms with Crippen molar-refractivity contribution in [2.45, 2.75) is 43.5 Å². The minimum Gasteiger partial charge on any atom is -0.378 e. The van der Waals surface area contributed by atoms with Crippen LogP contribution in [0, 0.1) is 23.3 Å². The summed E-state index contributed by atoms with van der Waals surface area (Å²) in [6, 6.07) is 5.44. The Morgan fingerprint density at radius 2 is 1.72 bits per heavy atom. The molecule has 7 nitrogen and oxygen atoms in total. The van der Waals surface area contributed by atoms with Crippen LogP contribution in [0.1, 0.15) is 18.5 Å². The lowest BCUT2D eigenvalue weighted by Crippen LogP contribution is -2.35. The number of nitrogens with zero attached hydrogens (tertiary/aromatic N) is 2. The Balaban J connectivity index is 1.88. The maximum Gasteiger partial charge on any atom is 0.273 e. The van der Waals surface area contributed by atoms with Gasteiger partial charge in [0.05, 0.1) is 6.04 Å². The zero-order chi connectivity index (χ0) is 26.7. The van der Waals surface area contributed by atoms with Gasteiger partial charge in [0.1, 0.15) is 36.3 Å². The molecule has 0 bridgehead atoms. The van der Waals surface area contributed by atoms with Crippen LogP contribution >= 0.6 is 0 Å². The molecule has 0 aliphatic heterocycles. The largest absolute Gasteiger partial charge is 0.378 e. The van der Waals surface area contributed by atoms with Gasteiger partial charge < -0.3 is 14.6 Å². The quantitative estimate of drug-likeness (QED) is 0.140. The molecule has 0 aliphatic rings. The van der Waals surface area contributed by atoms with Crippen LogP contribution in [0.5, 0.6) is 0 Å². The average molecular weight is 546 g/mol. The second kappa shape index (κ2) is 11.0. The third-order valence-corrected chi connectivity index (χ3v) is 8.72. The van der Waals surface area contributed by atoms with Crippen molar-refractivity contribution in [2.75, 3.05) is 23.0 Å². The topological polar surface area (TPSA) is 84.7 Å². The number of hydrogen-bond donors (Lipinski definition) is 1. The summed E-state index contributed by atoms with van der Waals surface area (Å²) < 4.78 is 95.1. The number of aromatic nitrogens is 1. The van der Waals surface area contributed by atoms with Crippen LogP contribution in [-0.2, 0) is 14.8 Å². The van der Waals surface area contributed by atoms with Crippen LogP contribution in [0.15, 0.2) is 52.1 Å². The van der Waals surface area contributed by atoms with Gasteiger partial charge in [-0.1, -0.05) is 24.8 Å². The highest BCUT2D eigenvalue weighted by atomic mass is 32.2. The van der Waals surface area contributed by atoms with Crippen molar-refractivity contribution >= 4 is 29.6 Å². The molecule has 1 heterocycles. The number of benzene rings is 2. The summed E-state index contributed by atoms with van der Waals surface area (Å²) >= 11 is 0. The molecule has 0 aliphatic carbocycles. The normalized spacial score (nSPS) is 13.0. The molecule has 1 aromatic heterocycles. The predicted octanol–water partition coefficient (Wildman–Crippen LogP) is 5.91. The number of halogens is 4. The Morgan fingerprint density at radius 1 is 1.06 bits per heavy atom. The Morgan fingerprint density at radius 3 is 2.31 bits per heavy atom. The highest BCUT2D eigenvalue weighted by Crippen LogP contribution is 2.31. The fraction of sp³-hybridized carbons (Fsp3) is 0.348. The second-order valence-electron chi connectivity index (χ2n) is 9.36. The van der Waals surface area contributed by atoms with Crippen LogP contribution in [0.25, 0.3) is 0 Å². The van der Waals surface area contributed by atoms with Gasteiger partial charge in [0.25, 0.3) is 10.0 Å². The Labute approximate surface area is 208 Å². The molecule has 36 heavy (non-hydrogen) atoms. The monoisotopic (exact) mass is 545 g/mol. The molecule has 0 spiro atoms. The molecule has 3 rings (SSSR count). The number of sulfonamides is 1. The molecule has 0 radical (unpaired) electrons. The van der Waals surface area contributed by atoms with E-state index >= 15 is 8.78 Å². The molecule has 196 valence electrons. The van der Waals surface area contributed by atoms with E-state index < -0.39 is 59.0 Å². The van der Waals surface area contributed by atoms with E-state index in [1.54, 1.807) is 0 Å². The molecule has 0 saturated heterocycles. The SMILES string of the molecule is C[C@H](Nc1cc(F)c(S(=O)(=O)N(COCC[Si](C)(C)C)c2ccon2)c(F)c1)c1cc(F)ccc1F. The summed E-state index contributed by atoms with van der Waals surface area (Å²) in [5, 5.41) is 6.23. The van der Waals surface area contributed by atoms with Crippen molar-refractivity contribution in [1.82, 2.24) is 5.16 Å². The smallest absolute Gasteiger partial charge is 0.273 e. The first-order valence-electron chi connectivity index (χ1n) is 11.0. The maximum absolute atomic E-state index is 15.1. The van der Waals surface area contributed by atoms with Crippen molar-refractivity contribution in [1.29, 1.82) is 0 Å². The van der Waals surface area contributed by atoms with Gasteiger partial charge in [-0.15, -0.1) is 0 Å². The van der Waals surface area contributed by atoms with E-state index in [-0.39, 0.29) is 23.7 Å². The van der Waals surface area contributed by atoms with Crippen molar-refractivity contribution in [3.63, 3.8) is 0 Å². The summed E-state index contributed by atoms with van der Waals surface area (Å²) in [6.45, 7) is 7.53. The van der Waals surface area contributed by atoms with Gasteiger partial charge in [0.15, 0.2) is 10.7 Å². The van der Waals surface area contributed by atoms with Crippen LogP contribution in [0.4, 0.5) is 29.1 Å². The summed E-state index contributed by atoms with van der Waals surface area (Å²) in [4.78, 5) is -1.21. The fourth-order valence-corrected chi connectivity index (χ4v) is 5.43. The van der Waals surface area contributed by atoms with E-state index in [0.717, 1.165) is 42.6 Å². The van der Waals surface area contributed by atoms with Gasteiger partial charge in [-0.2, -0.15) is 0 Å². The third-order valence-electron chi connectivity index (χ3n) is 5.24. The highest BCUT2D eigenvalue weighted by Gasteiger charge is 2.33. The van der Waals surface area contributed by atoms with Crippen molar-refractivity contribution < 1.29 is 35.2 Å². The summed E-state index contributed by atoms with van der Waals surface area (Å²) in [5.41, 5.74) is -0.236. The molecule has 3 aromatic rings. The van der Waals surface area contributed by atoms with Gasteiger partial charge in [-0.3, -0.25) is 0 Å². The first-order chi connectivity index (χ1) is 16.8. The molecule has 13 heteroatoms. The molecule has 1 atom stereocenters. The number of ether oxygens (including phenoxy) is 1. The van der Waals surface area contributed by atoms with E-state index in [9.17, 15) is 17.2 Å².